The molecule has 1 atom stereocenters. The van der Waals surface area contributed by atoms with E-state index in [0.717, 1.165) is 5.56 Å². The molecule has 0 saturated heterocycles. The van der Waals surface area contributed by atoms with Crippen molar-refractivity contribution in [3.8, 4) is 5.75 Å². The summed E-state index contributed by atoms with van der Waals surface area (Å²) in [5.74, 6) is -0.280. The van der Waals surface area contributed by atoms with E-state index < -0.39 is 17.9 Å². The zero-order chi connectivity index (χ0) is 20.5. The van der Waals surface area contributed by atoms with Crippen molar-refractivity contribution < 1.29 is 23.5 Å². The van der Waals surface area contributed by atoms with E-state index in [9.17, 15) is 9.59 Å². The van der Waals surface area contributed by atoms with E-state index in [1.54, 1.807) is 30.3 Å². The number of furan rings is 1. The van der Waals surface area contributed by atoms with E-state index in [4.69, 9.17) is 25.5 Å². The molecule has 1 amide bonds. The van der Waals surface area contributed by atoms with Crippen LogP contribution in [-0.2, 0) is 16.0 Å². The molecule has 0 bridgehead atoms. The fraction of sp³-hybridized carbons (Fsp3) is 0.182. The van der Waals surface area contributed by atoms with Crippen molar-refractivity contribution in [1.29, 1.82) is 0 Å². The maximum Gasteiger partial charge on any atom is 0.329 e. The fourth-order valence-electron chi connectivity index (χ4n) is 2.61. The highest BCUT2D eigenvalue weighted by Gasteiger charge is 2.24. The summed E-state index contributed by atoms with van der Waals surface area (Å²) in [6.45, 7) is 0.223. The molecule has 0 unspecified atom stereocenters. The Morgan fingerprint density at radius 3 is 2.41 bits per heavy atom. The number of halogens is 1. The Bertz CT molecular complexity index is 910. The first-order valence-corrected chi connectivity index (χ1v) is 9.43. The Balaban J connectivity index is 1.55. The van der Waals surface area contributed by atoms with Gasteiger partial charge < -0.3 is 19.2 Å². The van der Waals surface area contributed by atoms with Crippen molar-refractivity contribution in [3.63, 3.8) is 0 Å². The molecule has 0 fully saturated rings. The minimum absolute atomic E-state index is 0.0450. The molecule has 1 N–H and O–H groups in total. The molecular weight excluding hydrogens is 394 g/mol. The summed E-state index contributed by atoms with van der Waals surface area (Å²) in [7, 11) is 0. The lowest BCUT2D eigenvalue weighted by atomic mass is 10.1. The third-order valence-electron chi connectivity index (χ3n) is 4.03. The zero-order valence-corrected chi connectivity index (χ0v) is 16.3. The van der Waals surface area contributed by atoms with Crippen LogP contribution in [0.2, 0.25) is 5.02 Å². The Kier molecular flexibility index (Phi) is 7.30. The van der Waals surface area contributed by atoms with Gasteiger partial charge in [-0.3, -0.25) is 4.79 Å². The Labute approximate surface area is 173 Å². The highest BCUT2D eigenvalue weighted by atomic mass is 35.5. The Morgan fingerprint density at radius 1 is 0.966 bits per heavy atom. The average molecular weight is 414 g/mol. The van der Waals surface area contributed by atoms with E-state index in [1.165, 1.54) is 12.3 Å². The van der Waals surface area contributed by atoms with Crippen LogP contribution in [0.1, 0.15) is 16.1 Å². The molecule has 0 aliphatic heterocycles. The topological polar surface area (TPSA) is 77.8 Å². The normalized spacial score (nSPS) is 11.5. The van der Waals surface area contributed by atoms with Gasteiger partial charge in [0.2, 0.25) is 0 Å². The quantitative estimate of drug-likeness (QED) is 0.425. The largest absolute Gasteiger partial charge is 0.490 e. The van der Waals surface area contributed by atoms with Gasteiger partial charge in [-0.25, -0.2) is 4.79 Å². The van der Waals surface area contributed by atoms with Crippen LogP contribution in [0, 0.1) is 0 Å². The molecule has 6 nitrogen and oxygen atoms in total. The number of ether oxygens (including phenoxy) is 2. The molecule has 3 rings (SSSR count). The van der Waals surface area contributed by atoms with Crippen molar-refractivity contribution in [2.24, 2.45) is 0 Å². The lowest BCUT2D eigenvalue weighted by Gasteiger charge is -2.17. The maximum atomic E-state index is 12.6. The second-order valence-electron chi connectivity index (χ2n) is 6.16. The molecule has 7 heteroatoms. The number of benzene rings is 2. The van der Waals surface area contributed by atoms with Crippen LogP contribution in [0.5, 0.6) is 5.75 Å². The van der Waals surface area contributed by atoms with Crippen molar-refractivity contribution >= 4 is 23.5 Å². The van der Waals surface area contributed by atoms with Gasteiger partial charge >= 0.3 is 5.97 Å². The standard InChI is InChI=1S/C22H20ClNO5/c23-17-8-10-18(11-9-17)27-13-14-29-22(26)19(15-16-5-2-1-3-6-16)24-21(25)20-7-4-12-28-20/h1-12,19H,13-15H2,(H,24,25)/t19-/m0/s1. The molecule has 3 aromatic rings. The Hall–Kier alpha value is -3.25. The highest BCUT2D eigenvalue weighted by Crippen LogP contribution is 2.15. The monoisotopic (exact) mass is 413 g/mol. The summed E-state index contributed by atoms with van der Waals surface area (Å²) < 4.78 is 15.9. The molecule has 0 aliphatic carbocycles. The molecule has 29 heavy (non-hydrogen) atoms. The molecular formula is C22H20ClNO5. The van der Waals surface area contributed by atoms with Crippen molar-refractivity contribution in [2.75, 3.05) is 13.2 Å². The summed E-state index contributed by atoms with van der Waals surface area (Å²) >= 11 is 5.83. The van der Waals surface area contributed by atoms with E-state index in [2.05, 4.69) is 5.32 Å². The SMILES string of the molecule is O=C(N[C@@H](Cc1ccccc1)C(=O)OCCOc1ccc(Cl)cc1)c1ccco1. The van der Waals surface area contributed by atoms with Gasteiger partial charge in [-0.05, 0) is 42.0 Å². The zero-order valence-electron chi connectivity index (χ0n) is 15.5. The first-order chi connectivity index (χ1) is 14.1. The number of carbonyl (C=O) groups excluding carboxylic acids is 2. The smallest absolute Gasteiger partial charge is 0.329 e. The van der Waals surface area contributed by atoms with Crippen LogP contribution in [0.3, 0.4) is 0 Å². The van der Waals surface area contributed by atoms with E-state index in [-0.39, 0.29) is 19.0 Å². The first-order valence-electron chi connectivity index (χ1n) is 9.05. The lowest BCUT2D eigenvalue weighted by Crippen LogP contribution is -2.43. The summed E-state index contributed by atoms with van der Waals surface area (Å²) in [6.07, 6.45) is 1.69. The van der Waals surface area contributed by atoms with Crippen LogP contribution in [0.15, 0.2) is 77.4 Å². The highest BCUT2D eigenvalue weighted by molar-refractivity contribution is 6.30. The average Bonchev–Trinajstić information content (AvgIpc) is 3.28. The van der Waals surface area contributed by atoms with E-state index >= 15 is 0 Å². The summed E-state index contributed by atoms with van der Waals surface area (Å²) in [5, 5.41) is 3.28. The van der Waals surface area contributed by atoms with E-state index in [0.29, 0.717) is 17.2 Å². The van der Waals surface area contributed by atoms with Gasteiger partial charge in [-0.2, -0.15) is 0 Å². The molecule has 0 spiro atoms. The molecule has 0 aliphatic rings. The second-order valence-corrected chi connectivity index (χ2v) is 6.60. The number of carbonyl (C=O) groups is 2. The predicted molar refractivity (Wildman–Crippen MR) is 108 cm³/mol. The number of nitrogens with one attached hydrogen (secondary N) is 1. The van der Waals surface area contributed by atoms with Crippen LogP contribution < -0.4 is 10.1 Å². The molecule has 2 aromatic carbocycles. The number of rotatable bonds is 9. The third-order valence-corrected chi connectivity index (χ3v) is 4.28. The summed E-state index contributed by atoms with van der Waals surface area (Å²) in [5.41, 5.74) is 0.895. The van der Waals surface area contributed by atoms with E-state index in [1.807, 2.05) is 30.3 Å². The number of hydrogen-bond donors (Lipinski definition) is 1. The second kappa shape index (κ2) is 10.3. The number of amides is 1. The van der Waals surface area contributed by atoms with Crippen LogP contribution >= 0.6 is 11.6 Å². The molecule has 0 radical (unpaired) electrons. The molecule has 0 saturated carbocycles. The van der Waals surface area contributed by atoms with Gasteiger partial charge in [-0.1, -0.05) is 41.9 Å². The van der Waals surface area contributed by atoms with Gasteiger partial charge in [0.25, 0.3) is 5.91 Å². The van der Waals surface area contributed by atoms with Gasteiger partial charge in [0.1, 0.15) is 25.0 Å². The fourth-order valence-corrected chi connectivity index (χ4v) is 2.74. The predicted octanol–water partition coefficient (Wildman–Crippen LogP) is 3.90. The minimum Gasteiger partial charge on any atom is -0.490 e. The van der Waals surface area contributed by atoms with Crippen LogP contribution in [0.25, 0.3) is 0 Å². The van der Waals surface area contributed by atoms with Gasteiger partial charge in [0, 0.05) is 11.4 Å². The van der Waals surface area contributed by atoms with Crippen LogP contribution in [-0.4, -0.2) is 31.1 Å². The van der Waals surface area contributed by atoms with Gasteiger partial charge in [0.05, 0.1) is 6.26 Å². The molecule has 1 aromatic heterocycles. The van der Waals surface area contributed by atoms with Crippen molar-refractivity contribution in [3.05, 3.63) is 89.3 Å². The summed E-state index contributed by atoms with van der Waals surface area (Å²) in [6, 6.07) is 18.5. The van der Waals surface area contributed by atoms with Gasteiger partial charge in [0.15, 0.2) is 5.76 Å². The minimum atomic E-state index is -0.856. The first kappa shape index (κ1) is 20.5. The summed E-state index contributed by atoms with van der Waals surface area (Å²) in [4.78, 5) is 24.9. The third kappa shape index (κ3) is 6.40. The van der Waals surface area contributed by atoms with Crippen molar-refractivity contribution in [2.45, 2.75) is 12.5 Å². The van der Waals surface area contributed by atoms with Crippen LogP contribution in [0.4, 0.5) is 0 Å². The number of esters is 1. The maximum absolute atomic E-state index is 12.6. The van der Waals surface area contributed by atoms with Gasteiger partial charge in [-0.15, -0.1) is 0 Å². The Morgan fingerprint density at radius 2 is 1.72 bits per heavy atom. The lowest BCUT2D eigenvalue weighted by molar-refractivity contribution is -0.146. The molecule has 1 heterocycles. The van der Waals surface area contributed by atoms with Crippen molar-refractivity contribution in [1.82, 2.24) is 5.32 Å². The molecule has 150 valence electrons. The number of hydrogen-bond acceptors (Lipinski definition) is 5.